The topological polar surface area (TPSA) is 50.3 Å². The number of aromatic nitrogens is 1. The number of carbonyl (C=O) groups excluding carboxylic acids is 2. The Morgan fingerprint density at radius 2 is 2.03 bits per heavy atom. The molecule has 1 aliphatic carbocycles. The van der Waals surface area contributed by atoms with Crippen molar-refractivity contribution in [3.05, 3.63) is 60.2 Å². The van der Waals surface area contributed by atoms with Crippen LogP contribution in [0.5, 0.6) is 0 Å². The molecule has 1 aromatic carbocycles. The van der Waals surface area contributed by atoms with Crippen molar-refractivity contribution in [1.29, 1.82) is 0 Å². The summed E-state index contributed by atoms with van der Waals surface area (Å²) in [5.41, 5.74) is -1.40. The summed E-state index contributed by atoms with van der Waals surface area (Å²) >= 11 is 0. The van der Waals surface area contributed by atoms with E-state index in [9.17, 15) is 14.0 Å². The van der Waals surface area contributed by atoms with Crippen molar-refractivity contribution < 1.29 is 22.8 Å². The van der Waals surface area contributed by atoms with Crippen molar-refractivity contribution in [2.75, 3.05) is 11.4 Å². The van der Waals surface area contributed by atoms with E-state index in [1.165, 1.54) is 24.4 Å². The van der Waals surface area contributed by atoms with Gasteiger partial charge in [0.2, 0.25) is 5.91 Å². The lowest BCUT2D eigenvalue weighted by Gasteiger charge is -2.39. The van der Waals surface area contributed by atoms with Gasteiger partial charge >= 0.3 is 0 Å². The Hall–Kier alpha value is -2.70. The molecule has 0 bridgehead atoms. The van der Waals surface area contributed by atoms with Gasteiger partial charge in [-0.2, -0.15) is 0 Å². The zero-order chi connectivity index (χ0) is 20.6. The first-order chi connectivity index (χ1) is 13.8. The lowest BCUT2D eigenvalue weighted by Crippen LogP contribution is -2.46. The number of amides is 1. The molecule has 2 aliphatic rings. The van der Waals surface area contributed by atoms with Crippen LogP contribution in [0.1, 0.15) is 42.6 Å². The molecule has 1 spiro atoms. The molecule has 29 heavy (non-hydrogen) atoms. The molecule has 1 amide bonds. The van der Waals surface area contributed by atoms with E-state index in [-0.39, 0.29) is 36.7 Å². The summed E-state index contributed by atoms with van der Waals surface area (Å²) in [6.07, 6.45) is 2.67. The molecule has 1 aromatic heterocycles. The Morgan fingerprint density at radius 1 is 1.21 bits per heavy atom. The number of nitrogens with zero attached hydrogens (tertiary/aromatic N) is 2. The number of hydrogen-bond acceptors (Lipinski definition) is 3. The van der Waals surface area contributed by atoms with Gasteiger partial charge in [0.25, 0.3) is 5.92 Å². The largest absolute Gasteiger partial charge is 0.306 e. The van der Waals surface area contributed by atoms with Crippen LogP contribution in [0, 0.1) is 17.2 Å². The van der Waals surface area contributed by atoms with Gasteiger partial charge in [0.1, 0.15) is 16.9 Å². The molecule has 152 valence electrons. The number of benzene rings is 1. The predicted octanol–water partition coefficient (Wildman–Crippen LogP) is 4.65. The fraction of sp³-hybridized carbons (Fsp3) is 0.409. The quantitative estimate of drug-likeness (QED) is 0.700. The summed E-state index contributed by atoms with van der Waals surface area (Å²) < 4.78 is 43.9. The molecule has 2 atom stereocenters. The van der Waals surface area contributed by atoms with Crippen molar-refractivity contribution >= 4 is 17.4 Å². The second-order valence-electron chi connectivity index (χ2n) is 7.96. The standard InChI is InChI=1S/C22H21F3N2O2/c23-16-6-3-7-17(12-16)27-14-22(24,25)21(20(27)29)9-4-5-15(13-21)11-19(28)18-8-1-2-10-26-18/h1-3,6-8,10,12,15H,4-5,9,11,13-14H2. The number of rotatable bonds is 4. The zero-order valence-electron chi connectivity index (χ0n) is 15.8. The number of Topliss-reactive ketones (excluding diaryl/α,β-unsaturated/α-hetero) is 1. The summed E-state index contributed by atoms with van der Waals surface area (Å²) in [5, 5.41) is 0. The Kier molecular flexibility index (Phi) is 4.92. The third-order valence-corrected chi connectivity index (χ3v) is 6.11. The van der Waals surface area contributed by atoms with Gasteiger partial charge < -0.3 is 4.90 Å². The van der Waals surface area contributed by atoms with E-state index in [0.717, 1.165) is 11.0 Å². The van der Waals surface area contributed by atoms with E-state index in [0.29, 0.717) is 18.5 Å². The van der Waals surface area contributed by atoms with Gasteiger partial charge in [0.15, 0.2) is 5.78 Å². The summed E-state index contributed by atoms with van der Waals surface area (Å²) in [6, 6.07) is 10.2. The van der Waals surface area contributed by atoms with E-state index < -0.39 is 29.6 Å². The number of carbonyl (C=O) groups is 2. The van der Waals surface area contributed by atoms with Gasteiger partial charge in [-0.15, -0.1) is 0 Å². The first-order valence-corrected chi connectivity index (χ1v) is 9.72. The van der Waals surface area contributed by atoms with E-state index in [2.05, 4.69) is 4.98 Å². The number of anilines is 1. The molecule has 2 aromatic rings. The number of ketones is 1. The highest BCUT2D eigenvalue weighted by atomic mass is 19.3. The third-order valence-electron chi connectivity index (χ3n) is 6.11. The molecule has 7 heteroatoms. The molecule has 4 nitrogen and oxygen atoms in total. The minimum absolute atomic E-state index is 0.0524. The van der Waals surface area contributed by atoms with Crippen LogP contribution >= 0.6 is 0 Å². The minimum atomic E-state index is -3.25. The lowest BCUT2D eigenvalue weighted by atomic mass is 9.65. The van der Waals surface area contributed by atoms with Gasteiger partial charge in [0.05, 0.1) is 6.54 Å². The van der Waals surface area contributed by atoms with Crippen LogP contribution < -0.4 is 4.90 Å². The second-order valence-corrected chi connectivity index (χ2v) is 7.96. The Labute approximate surface area is 166 Å². The molecule has 2 unspecified atom stereocenters. The summed E-state index contributed by atoms with van der Waals surface area (Å²) in [5.74, 6) is -5.03. The molecule has 4 rings (SSSR count). The molecule has 0 N–H and O–H groups in total. The maximum atomic E-state index is 15.2. The van der Waals surface area contributed by atoms with Crippen LogP contribution in [0.2, 0.25) is 0 Å². The SMILES string of the molecule is O=C(CC1CCCC2(C1)C(=O)N(c1cccc(F)c1)CC2(F)F)c1ccccn1. The average molecular weight is 402 g/mol. The monoisotopic (exact) mass is 402 g/mol. The smallest absolute Gasteiger partial charge is 0.279 e. The van der Waals surface area contributed by atoms with Gasteiger partial charge in [-0.25, -0.2) is 13.2 Å². The molecule has 1 saturated heterocycles. The average Bonchev–Trinajstić information content (AvgIpc) is 2.89. The second kappa shape index (κ2) is 7.28. The van der Waals surface area contributed by atoms with Gasteiger partial charge in [-0.3, -0.25) is 14.6 Å². The number of pyridine rings is 1. The van der Waals surface area contributed by atoms with Crippen LogP contribution in [0.3, 0.4) is 0 Å². The minimum Gasteiger partial charge on any atom is -0.306 e. The maximum Gasteiger partial charge on any atom is 0.279 e. The molecular formula is C22H21F3N2O2. The molecule has 1 aliphatic heterocycles. The van der Waals surface area contributed by atoms with Crippen molar-refractivity contribution in [1.82, 2.24) is 4.98 Å². The van der Waals surface area contributed by atoms with Crippen molar-refractivity contribution in [2.45, 2.75) is 38.0 Å². The Bertz CT molecular complexity index is 935. The molecule has 2 heterocycles. The Balaban J connectivity index is 1.57. The van der Waals surface area contributed by atoms with Crippen LogP contribution in [0.15, 0.2) is 48.7 Å². The highest BCUT2D eigenvalue weighted by molar-refractivity contribution is 6.01. The third kappa shape index (κ3) is 3.43. The Morgan fingerprint density at radius 3 is 2.76 bits per heavy atom. The van der Waals surface area contributed by atoms with Crippen molar-refractivity contribution in [2.24, 2.45) is 11.3 Å². The van der Waals surface area contributed by atoms with Crippen LogP contribution in [-0.4, -0.2) is 29.1 Å². The molecule has 1 saturated carbocycles. The van der Waals surface area contributed by atoms with Gasteiger partial charge in [0, 0.05) is 18.3 Å². The van der Waals surface area contributed by atoms with Crippen LogP contribution in [0.25, 0.3) is 0 Å². The van der Waals surface area contributed by atoms with Gasteiger partial charge in [-0.05, 0) is 55.5 Å². The van der Waals surface area contributed by atoms with E-state index in [4.69, 9.17) is 0 Å². The van der Waals surface area contributed by atoms with Crippen LogP contribution in [0.4, 0.5) is 18.9 Å². The molecular weight excluding hydrogens is 381 g/mol. The molecule has 0 radical (unpaired) electrons. The fourth-order valence-electron chi connectivity index (χ4n) is 4.67. The van der Waals surface area contributed by atoms with Crippen molar-refractivity contribution in [3.8, 4) is 0 Å². The first-order valence-electron chi connectivity index (χ1n) is 9.72. The number of alkyl halides is 2. The highest BCUT2D eigenvalue weighted by Crippen LogP contribution is 2.56. The lowest BCUT2D eigenvalue weighted by molar-refractivity contribution is -0.151. The first kappa shape index (κ1) is 19.6. The van der Waals surface area contributed by atoms with Crippen LogP contribution in [-0.2, 0) is 4.79 Å². The number of halogens is 3. The molecule has 2 fully saturated rings. The van der Waals surface area contributed by atoms with Gasteiger partial charge in [-0.1, -0.05) is 18.6 Å². The van der Waals surface area contributed by atoms with E-state index >= 15 is 8.78 Å². The normalized spacial score (nSPS) is 26.1. The number of hydrogen-bond donors (Lipinski definition) is 0. The van der Waals surface area contributed by atoms with E-state index in [1.807, 2.05) is 0 Å². The fourth-order valence-corrected chi connectivity index (χ4v) is 4.67. The van der Waals surface area contributed by atoms with E-state index in [1.54, 1.807) is 18.2 Å². The highest BCUT2D eigenvalue weighted by Gasteiger charge is 2.67. The summed E-state index contributed by atoms with van der Waals surface area (Å²) in [4.78, 5) is 30.7. The maximum absolute atomic E-state index is 15.2. The zero-order valence-corrected chi connectivity index (χ0v) is 15.8. The summed E-state index contributed by atoms with van der Waals surface area (Å²) in [6.45, 7) is -0.768. The van der Waals surface area contributed by atoms with Crippen molar-refractivity contribution in [3.63, 3.8) is 0 Å². The predicted molar refractivity (Wildman–Crippen MR) is 101 cm³/mol. The summed E-state index contributed by atoms with van der Waals surface area (Å²) in [7, 11) is 0.